The van der Waals surface area contributed by atoms with Crippen LogP contribution in [0, 0.1) is 0 Å². The lowest BCUT2D eigenvalue weighted by Gasteiger charge is -1.82. The molecule has 0 spiro atoms. The number of nitrogens with two attached hydrogens (primary N) is 2. The predicted octanol–water partition coefficient (Wildman–Crippen LogP) is -0.523. The number of amides is 2. The van der Waals surface area contributed by atoms with Gasteiger partial charge in [0.1, 0.15) is 6.26 Å². The molecule has 58 valence electrons. The zero-order valence-corrected chi connectivity index (χ0v) is 5.53. The van der Waals surface area contributed by atoms with E-state index in [1.54, 1.807) is 0 Å². The fourth-order valence-electron chi connectivity index (χ4n) is 0.595. The number of primary amides is 2. The third kappa shape index (κ3) is 1.37. The van der Waals surface area contributed by atoms with Gasteiger partial charge in [-0.3, -0.25) is 9.59 Å². The SMILES string of the molecule is NC(=O)c1coc(C(N)=O)c1. The van der Waals surface area contributed by atoms with Crippen LogP contribution in [0.2, 0.25) is 0 Å². The van der Waals surface area contributed by atoms with E-state index in [0.717, 1.165) is 6.26 Å². The number of furan rings is 1. The van der Waals surface area contributed by atoms with Gasteiger partial charge >= 0.3 is 0 Å². The van der Waals surface area contributed by atoms with E-state index in [1.165, 1.54) is 6.07 Å². The van der Waals surface area contributed by atoms with E-state index in [2.05, 4.69) is 4.42 Å². The Hall–Kier alpha value is -1.78. The molecule has 2 amide bonds. The predicted molar refractivity (Wildman–Crippen MR) is 35.7 cm³/mol. The average Bonchev–Trinajstić information content (AvgIpc) is 2.33. The van der Waals surface area contributed by atoms with Crippen molar-refractivity contribution in [2.24, 2.45) is 11.5 Å². The molecular weight excluding hydrogens is 148 g/mol. The van der Waals surface area contributed by atoms with Crippen LogP contribution in [0.4, 0.5) is 0 Å². The first-order chi connectivity index (χ1) is 5.11. The highest BCUT2D eigenvalue weighted by Crippen LogP contribution is 2.05. The summed E-state index contributed by atoms with van der Waals surface area (Å²) in [5, 5.41) is 0. The van der Waals surface area contributed by atoms with E-state index in [1.807, 2.05) is 0 Å². The Morgan fingerprint density at radius 2 is 1.91 bits per heavy atom. The van der Waals surface area contributed by atoms with Crippen molar-refractivity contribution in [1.82, 2.24) is 0 Å². The molecule has 0 aliphatic rings. The van der Waals surface area contributed by atoms with Gasteiger partial charge in [-0.15, -0.1) is 0 Å². The Kier molecular flexibility index (Phi) is 1.63. The summed E-state index contributed by atoms with van der Waals surface area (Å²) in [6.45, 7) is 0. The lowest BCUT2D eigenvalue weighted by atomic mass is 10.3. The Morgan fingerprint density at radius 3 is 2.18 bits per heavy atom. The van der Waals surface area contributed by atoms with Crippen molar-refractivity contribution in [2.45, 2.75) is 0 Å². The summed E-state index contributed by atoms with van der Waals surface area (Å²) in [5.74, 6) is -1.45. The third-order valence-electron chi connectivity index (χ3n) is 1.13. The maximum Gasteiger partial charge on any atom is 0.284 e. The van der Waals surface area contributed by atoms with Crippen molar-refractivity contribution >= 4 is 11.8 Å². The monoisotopic (exact) mass is 154 g/mol. The summed E-state index contributed by atoms with van der Waals surface area (Å²) < 4.78 is 4.61. The van der Waals surface area contributed by atoms with Crippen molar-refractivity contribution in [3.8, 4) is 0 Å². The van der Waals surface area contributed by atoms with Gasteiger partial charge in [0, 0.05) is 6.07 Å². The van der Waals surface area contributed by atoms with Crippen molar-refractivity contribution in [3.63, 3.8) is 0 Å². The van der Waals surface area contributed by atoms with E-state index in [4.69, 9.17) is 11.5 Å². The molecule has 11 heavy (non-hydrogen) atoms. The molecule has 0 bridgehead atoms. The Bertz CT molecular complexity index is 274. The van der Waals surface area contributed by atoms with Crippen LogP contribution >= 0.6 is 0 Å². The number of carbonyl (C=O) groups excluding carboxylic acids is 2. The van der Waals surface area contributed by atoms with Gasteiger partial charge in [-0.2, -0.15) is 0 Å². The van der Waals surface area contributed by atoms with Crippen LogP contribution in [0.3, 0.4) is 0 Å². The number of rotatable bonds is 2. The van der Waals surface area contributed by atoms with Gasteiger partial charge in [0.2, 0.25) is 0 Å². The van der Waals surface area contributed by atoms with Crippen molar-refractivity contribution in [3.05, 3.63) is 23.7 Å². The first-order valence-electron chi connectivity index (χ1n) is 2.79. The second kappa shape index (κ2) is 2.45. The highest BCUT2D eigenvalue weighted by molar-refractivity contribution is 5.96. The van der Waals surface area contributed by atoms with E-state index >= 15 is 0 Å². The average molecular weight is 154 g/mol. The zero-order chi connectivity index (χ0) is 8.43. The Labute approximate surface area is 62.0 Å². The second-order valence-electron chi connectivity index (χ2n) is 1.93. The summed E-state index contributed by atoms with van der Waals surface area (Å²) in [4.78, 5) is 20.9. The number of carbonyl (C=O) groups is 2. The van der Waals surface area contributed by atoms with E-state index in [9.17, 15) is 9.59 Å². The van der Waals surface area contributed by atoms with Crippen LogP contribution in [0.1, 0.15) is 20.9 Å². The topological polar surface area (TPSA) is 99.3 Å². The molecule has 1 aromatic heterocycles. The molecule has 1 aromatic rings. The van der Waals surface area contributed by atoms with Gasteiger partial charge in [0.25, 0.3) is 11.8 Å². The fraction of sp³-hybridized carbons (Fsp3) is 0. The molecule has 5 heteroatoms. The molecule has 0 aliphatic heterocycles. The van der Waals surface area contributed by atoms with Crippen LogP contribution in [0.15, 0.2) is 16.7 Å². The highest BCUT2D eigenvalue weighted by Gasteiger charge is 2.09. The van der Waals surface area contributed by atoms with Crippen molar-refractivity contribution < 1.29 is 14.0 Å². The van der Waals surface area contributed by atoms with Crippen LogP contribution in [0.25, 0.3) is 0 Å². The minimum Gasteiger partial charge on any atom is -0.458 e. The summed E-state index contributed by atoms with van der Waals surface area (Å²) >= 11 is 0. The molecule has 0 unspecified atom stereocenters. The minimum atomic E-state index is -0.725. The van der Waals surface area contributed by atoms with Crippen LogP contribution in [-0.2, 0) is 0 Å². The van der Waals surface area contributed by atoms with E-state index < -0.39 is 11.8 Å². The largest absolute Gasteiger partial charge is 0.458 e. The fourth-order valence-corrected chi connectivity index (χ4v) is 0.595. The molecule has 0 radical (unpaired) electrons. The third-order valence-corrected chi connectivity index (χ3v) is 1.13. The van der Waals surface area contributed by atoms with Gasteiger partial charge in [-0.05, 0) is 0 Å². The number of hydrogen-bond donors (Lipinski definition) is 2. The standard InChI is InChI=1S/C6H6N2O3/c7-5(9)3-1-4(6(8)10)11-2-3/h1-2H,(H2,7,9)(H2,8,10). The summed E-state index contributed by atoms with van der Waals surface area (Å²) in [5.41, 5.74) is 9.86. The quantitative estimate of drug-likeness (QED) is 0.599. The Morgan fingerprint density at radius 1 is 1.27 bits per heavy atom. The van der Waals surface area contributed by atoms with E-state index in [0.29, 0.717) is 0 Å². The van der Waals surface area contributed by atoms with Gasteiger partial charge in [-0.1, -0.05) is 0 Å². The molecule has 0 fully saturated rings. The molecule has 5 nitrogen and oxygen atoms in total. The van der Waals surface area contributed by atoms with Crippen LogP contribution in [-0.4, -0.2) is 11.8 Å². The van der Waals surface area contributed by atoms with Crippen molar-refractivity contribution in [2.75, 3.05) is 0 Å². The molecule has 0 saturated heterocycles. The summed E-state index contributed by atoms with van der Waals surface area (Å²) in [6, 6.07) is 1.20. The van der Waals surface area contributed by atoms with Gasteiger partial charge in [0.05, 0.1) is 5.56 Å². The van der Waals surface area contributed by atoms with Crippen LogP contribution < -0.4 is 11.5 Å². The molecular formula is C6H6N2O3. The highest BCUT2D eigenvalue weighted by atomic mass is 16.3. The minimum absolute atomic E-state index is 0.0706. The lowest BCUT2D eigenvalue weighted by molar-refractivity contribution is 0.0971. The van der Waals surface area contributed by atoms with E-state index in [-0.39, 0.29) is 11.3 Å². The van der Waals surface area contributed by atoms with Gasteiger partial charge in [-0.25, -0.2) is 0 Å². The summed E-state index contributed by atoms with van der Waals surface area (Å²) in [6.07, 6.45) is 1.09. The smallest absolute Gasteiger partial charge is 0.284 e. The molecule has 0 aromatic carbocycles. The normalized spacial score (nSPS) is 9.45. The molecule has 0 aliphatic carbocycles. The zero-order valence-electron chi connectivity index (χ0n) is 5.53. The molecule has 1 heterocycles. The maximum atomic E-state index is 10.4. The first kappa shape index (κ1) is 7.33. The molecule has 0 atom stereocenters. The van der Waals surface area contributed by atoms with Crippen molar-refractivity contribution in [1.29, 1.82) is 0 Å². The first-order valence-corrected chi connectivity index (χ1v) is 2.79. The maximum absolute atomic E-state index is 10.4. The molecule has 4 N–H and O–H groups in total. The second-order valence-corrected chi connectivity index (χ2v) is 1.93. The Balaban J connectivity index is 2.99. The van der Waals surface area contributed by atoms with Gasteiger partial charge < -0.3 is 15.9 Å². The molecule has 0 saturated carbocycles. The lowest BCUT2D eigenvalue weighted by Crippen LogP contribution is -2.11. The number of hydrogen-bond acceptors (Lipinski definition) is 3. The molecule has 1 rings (SSSR count). The van der Waals surface area contributed by atoms with Crippen LogP contribution in [0.5, 0.6) is 0 Å². The summed E-state index contributed by atoms with van der Waals surface area (Å²) in [7, 11) is 0. The van der Waals surface area contributed by atoms with Gasteiger partial charge in [0.15, 0.2) is 5.76 Å².